The fraction of sp³-hybridized carbons (Fsp3) is 0. The average molecular weight is 360 g/mol. The number of fused-ring (bicyclic) bond motifs is 1. The molecule has 0 saturated carbocycles. The Morgan fingerprint density at radius 2 is 1.44 bits per heavy atom. The smallest absolute Gasteiger partial charge is 0.266 e. The van der Waals surface area contributed by atoms with E-state index in [1.54, 1.807) is 42.5 Å². The number of amides is 3. The lowest BCUT2D eigenvalue weighted by Gasteiger charge is -2.15. The first-order valence-corrected chi connectivity index (χ1v) is 8.20. The lowest BCUT2D eigenvalue weighted by molar-refractivity contribution is 0.0924. The quantitative estimate of drug-likeness (QED) is 0.721. The van der Waals surface area contributed by atoms with Gasteiger partial charge in [0, 0.05) is 5.56 Å². The second-order valence-corrected chi connectivity index (χ2v) is 5.98. The lowest BCUT2D eigenvalue weighted by atomic mass is 10.1. The summed E-state index contributed by atoms with van der Waals surface area (Å²) in [5, 5.41) is 2.48. The Labute approximate surface area is 154 Å². The van der Waals surface area contributed by atoms with Gasteiger partial charge in [-0.15, -0.1) is 0 Å². The minimum atomic E-state index is -0.553. The predicted molar refractivity (Wildman–Crippen MR) is 98.4 cm³/mol. The van der Waals surface area contributed by atoms with Crippen LogP contribution in [0.4, 0.5) is 15.8 Å². The number of halogens is 1. The van der Waals surface area contributed by atoms with Gasteiger partial charge in [0.05, 0.1) is 22.5 Å². The van der Waals surface area contributed by atoms with Crippen molar-refractivity contribution in [1.82, 2.24) is 0 Å². The molecule has 3 amide bonds. The van der Waals surface area contributed by atoms with Crippen LogP contribution in [0.15, 0.2) is 72.8 Å². The fourth-order valence-corrected chi connectivity index (χ4v) is 2.97. The van der Waals surface area contributed by atoms with Gasteiger partial charge in [-0.1, -0.05) is 30.3 Å². The van der Waals surface area contributed by atoms with Gasteiger partial charge in [-0.05, 0) is 42.5 Å². The highest BCUT2D eigenvalue weighted by atomic mass is 19.1. The molecule has 0 bridgehead atoms. The van der Waals surface area contributed by atoms with Gasteiger partial charge in [0.25, 0.3) is 17.7 Å². The molecule has 1 heterocycles. The van der Waals surface area contributed by atoms with E-state index in [9.17, 15) is 18.8 Å². The molecule has 132 valence electrons. The van der Waals surface area contributed by atoms with Gasteiger partial charge in [0.15, 0.2) is 0 Å². The van der Waals surface area contributed by atoms with Gasteiger partial charge in [0.1, 0.15) is 5.82 Å². The summed E-state index contributed by atoms with van der Waals surface area (Å²) in [6.07, 6.45) is 0. The summed E-state index contributed by atoms with van der Waals surface area (Å²) >= 11 is 0. The molecule has 0 fully saturated rings. The summed E-state index contributed by atoms with van der Waals surface area (Å²) in [6.45, 7) is 0. The van der Waals surface area contributed by atoms with Crippen molar-refractivity contribution in [2.75, 3.05) is 10.2 Å². The van der Waals surface area contributed by atoms with Crippen LogP contribution < -0.4 is 10.2 Å². The first-order valence-electron chi connectivity index (χ1n) is 8.20. The fourth-order valence-electron chi connectivity index (χ4n) is 2.97. The summed E-state index contributed by atoms with van der Waals surface area (Å²) in [5.41, 5.74) is 1.18. The van der Waals surface area contributed by atoms with Crippen LogP contribution in [0.5, 0.6) is 0 Å². The summed E-state index contributed by atoms with van der Waals surface area (Å²) in [7, 11) is 0. The first kappa shape index (κ1) is 16.7. The van der Waals surface area contributed by atoms with Crippen molar-refractivity contribution in [1.29, 1.82) is 0 Å². The molecule has 0 saturated heterocycles. The van der Waals surface area contributed by atoms with Crippen LogP contribution in [0, 0.1) is 5.82 Å². The number of benzene rings is 3. The Morgan fingerprint density at radius 3 is 2.11 bits per heavy atom. The van der Waals surface area contributed by atoms with Crippen LogP contribution in [-0.2, 0) is 0 Å². The number of para-hydroxylation sites is 1. The molecule has 0 aliphatic carbocycles. The highest BCUT2D eigenvalue weighted by Crippen LogP contribution is 2.29. The van der Waals surface area contributed by atoms with Gasteiger partial charge >= 0.3 is 0 Å². The second-order valence-electron chi connectivity index (χ2n) is 5.98. The van der Waals surface area contributed by atoms with Crippen LogP contribution in [0.1, 0.15) is 31.1 Å². The zero-order valence-electron chi connectivity index (χ0n) is 14.0. The molecule has 3 aromatic rings. The third-order valence-corrected chi connectivity index (χ3v) is 4.28. The maximum Gasteiger partial charge on any atom is 0.266 e. The summed E-state index contributed by atoms with van der Waals surface area (Å²) in [6, 6.07) is 18.5. The van der Waals surface area contributed by atoms with Crippen molar-refractivity contribution >= 4 is 29.1 Å². The molecule has 27 heavy (non-hydrogen) atoms. The standard InChI is InChI=1S/C21H13FN2O3/c22-17-10-3-4-11-18(17)23-19(25)13-6-5-7-14(12-13)24-20(26)15-8-1-2-9-16(15)21(24)27/h1-12H,(H,23,25). The van der Waals surface area contributed by atoms with E-state index in [0.29, 0.717) is 11.1 Å². The zero-order chi connectivity index (χ0) is 19.0. The number of nitrogens with zero attached hydrogens (tertiary/aromatic N) is 1. The topological polar surface area (TPSA) is 66.5 Å². The average Bonchev–Trinajstić information content (AvgIpc) is 2.94. The van der Waals surface area contributed by atoms with E-state index >= 15 is 0 Å². The Morgan fingerprint density at radius 1 is 0.815 bits per heavy atom. The molecule has 0 radical (unpaired) electrons. The molecule has 5 nitrogen and oxygen atoms in total. The number of hydrogen-bond donors (Lipinski definition) is 1. The minimum Gasteiger partial charge on any atom is -0.319 e. The van der Waals surface area contributed by atoms with Crippen LogP contribution in [-0.4, -0.2) is 17.7 Å². The van der Waals surface area contributed by atoms with Crippen LogP contribution >= 0.6 is 0 Å². The zero-order valence-corrected chi connectivity index (χ0v) is 14.0. The SMILES string of the molecule is O=C(Nc1ccccc1F)c1cccc(N2C(=O)c3ccccc3C2=O)c1. The maximum absolute atomic E-state index is 13.7. The van der Waals surface area contributed by atoms with Gasteiger partial charge < -0.3 is 5.32 Å². The van der Waals surface area contributed by atoms with E-state index in [2.05, 4.69) is 5.32 Å². The number of rotatable bonds is 3. The van der Waals surface area contributed by atoms with E-state index in [4.69, 9.17) is 0 Å². The van der Waals surface area contributed by atoms with E-state index in [-0.39, 0.29) is 16.9 Å². The Balaban J connectivity index is 1.64. The molecule has 4 rings (SSSR count). The number of nitrogens with one attached hydrogen (secondary N) is 1. The second kappa shape index (κ2) is 6.49. The van der Waals surface area contributed by atoms with Crippen molar-refractivity contribution in [2.45, 2.75) is 0 Å². The number of carbonyl (C=O) groups is 3. The molecule has 1 aliphatic heterocycles. The third kappa shape index (κ3) is 2.87. The number of carbonyl (C=O) groups excluding carboxylic acids is 3. The van der Waals surface area contributed by atoms with Crippen LogP contribution in [0.2, 0.25) is 0 Å². The Bertz CT molecular complexity index is 1060. The Hall–Kier alpha value is -3.80. The van der Waals surface area contributed by atoms with E-state index in [0.717, 1.165) is 4.90 Å². The monoisotopic (exact) mass is 360 g/mol. The summed E-state index contributed by atoms with van der Waals surface area (Å²) < 4.78 is 13.7. The number of imide groups is 1. The van der Waals surface area contributed by atoms with Gasteiger partial charge in [-0.2, -0.15) is 0 Å². The molecule has 0 aromatic heterocycles. The highest BCUT2D eigenvalue weighted by Gasteiger charge is 2.36. The molecule has 0 atom stereocenters. The highest BCUT2D eigenvalue weighted by molar-refractivity contribution is 6.34. The van der Waals surface area contributed by atoms with Crippen molar-refractivity contribution in [3.8, 4) is 0 Å². The molecule has 1 aliphatic rings. The molecule has 1 N–H and O–H groups in total. The van der Waals surface area contributed by atoms with Crippen molar-refractivity contribution in [2.24, 2.45) is 0 Å². The number of hydrogen-bond acceptors (Lipinski definition) is 3. The van der Waals surface area contributed by atoms with Crippen molar-refractivity contribution in [3.63, 3.8) is 0 Å². The normalized spacial score (nSPS) is 12.9. The van der Waals surface area contributed by atoms with Gasteiger partial charge in [0.2, 0.25) is 0 Å². The largest absolute Gasteiger partial charge is 0.319 e. The third-order valence-electron chi connectivity index (χ3n) is 4.28. The Kier molecular flexibility index (Phi) is 4.01. The van der Waals surface area contributed by atoms with E-state index in [1.165, 1.54) is 30.3 Å². The molecule has 3 aromatic carbocycles. The van der Waals surface area contributed by atoms with Crippen LogP contribution in [0.25, 0.3) is 0 Å². The molecule has 0 spiro atoms. The molecular weight excluding hydrogens is 347 g/mol. The molecule has 0 unspecified atom stereocenters. The summed E-state index contributed by atoms with van der Waals surface area (Å²) in [4.78, 5) is 38.6. The predicted octanol–water partition coefficient (Wildman–Crippen LogP) is 3.88. The van der Waals surface area contributed by atoms with E-state index in [1.807, 2.05) is 0 Å². The summed E-state index contributed by atoms with van der Waals surface area (Å²) in [5.74, 6) is -1.98. The van der Waals surface area contributed by atoms with Gasteiger partial charge in [-0.25, -0.2) is 9.29 Å². The van der Waals surface area contributed by atoms with Crippen molar-refractivity contribution < 1.29 is 18.8 Å². The van der Waals surface area contributed by atoms with E-state index < -0.39 is 23.5 Å². The molecule has 6 heteroatoms. The molecular formula is C21H13FN2O3. The van der Waals surface area contributed by atoms with Crippen LogP contribution in [0.3, 0.4) is 0 Å². The minimum absolute atomic E-state index is 0.0497. The van der Waals surface area contributed by atoms with Crippen molar-refractivity contribution in [3.05, 3.63) is 95.3 Å². The lowest BCUT2D eigenvalue weighted by Crippen LogP contribution is -2.29. The first-order chi connectivity index (χ1) is 13.1. The maximum atomic E-state index is 13.7. The van der Waals surface area contributed by atoms with Gasteiger partial charge in [-0.3, -0.25) is 14.4 Å². The number of anilines is 2.